The van der Waals surface area contributed by atoms with Crippen molar-refractivity contribution in [2.75, 3.05) is 32.7 Å². The maximum Gasteiger partial charge on any atom is 0.262 e. The van der Waals surface area contributed by atoms with E-state index in [-0.39, 0.29) is 18.4 Å². The summed E-state index contributed by atoms with van der Waals surface area (Å²) in [6, 6.07) is 18.3. The molecule has 0 aliphatic heterocycles. The Kier molecular flexibility index (Phi) is 9.55. The van der Waals surface area contributed by atoms with Crippen LogP contribution >= 0.6 is 15.9 Å². The molecule has 0 radical (unpaired) electrons. The van der Waals surface area contributed by atoms with Gasteiger partial charge in [-0.2, -0.15) is 0 Å². The second-order valence-corrected chi connectivity index (χ2v) is 8.55. The van der Waals surface area contributed by atoms with E-state index in [1.807, 2.05) is 36.4 Å². The van der Waals surface area contributed by atoms with Crippen LogP contribution in [0, 0.1) is 0 Å². The Morgan fingerprint density at radius 2 is 1.60 bits per heavy atom. The average molecular weight is 541 g/mol. The fraction of sp³-hybridized carbons (Fsp3) is 0.259. The topological polar surface area (TPSA) is 85.9 Å². The zero-order valence-electron chi connectivity index (χ0n) is 20.0. The number of carbonyl (C=O) groups excluding carboxylic acids is 2. The number of para-hydroxylation sites is 1. The molecule has 0 bridgehead atoms. The molecule has 0 spiro atoms. The number of hydrogen-bond acceptors (Lipinski definition) is 5. The summed E-state index contributed by atoms with van der Waals surface area (Å²) in [5.74, 6) is 1.24. The second kappa shape index (κ2) is 12.8. The molecule has 0 fully saturated rings. The van der Waals surface area contributed by atoms with Gasteiger partial charge in [0, 0.05) is 6.54 Å². The van der Waals surface area contributed by atoms with Gasteiger partial charge in [0.25, 0.3) is 11.8 Å². The van der Waals surface area contributed by atoms with Crippen molar-refractivity contribution in [2.45, 2.75) is 19.8 Å². The first kappa shape index (κ1) is 26.1. The average Bonchev–Trinajstić information content (AvgIpc) is 2.88. The summed E-state index contributed by atoms with van der Waals surface area (Å²) in [5, 5.41) is 5.67. The maximum atomic E-state index is 12.8. The van der Waals surface area contributed by atoms with Crippen LogP contribution in [0.3, 0.4) is 0 Å². The molecule has 0 aromatic heterocycles. The van der Waals surface area contributed by atoms with Crippen LogP contribution < -0.4 is 24.8 Å². The number of anilines is 1. The third kappa shape index (κ3) is 7.23. The molecule has 3 aromatic rings. The lowest BCUT2D eigenvalue weighted by Gasteiger charge is -2.13. The number of rotatable bonds is 11. The first-order chi connectivity index (χ1) is 16.9. The molecule has 3 aromatic carbocycles. The quantitative estimate of drug-likeness (QED) is 0.356. The van der Waals surface area contributed by atoms with E-state index in [0.29, 0.717) is 41.5 Å². The van der Waals surface area contributed by atoms with Gasteiger partial charge in [0.1, 0.15) is 5.75 Å². The summed E-state index contributed by atoms with van der Waals surface area (Å²) >= 11 is 3.47. The summed E-state index contributed by atoms with van der Waals surface area (Å²) < 4.78 is 17.0. The first-order valence-electron chi connectivity index (χ1n) is 11.2. The third-order valence-electron chi connectivity index (χ3n) is 5.36. The molecule has 0 saturated heterocycles. The molecule has 0 saturated carbocycles. The van der Waals surface area contributed by atoms with Crippen LogP contribution in [0.1, 0.15) is 28.4 Å². The maximum absolute atomic E-state index is 12.8. The van der Waals surface area contributed by atoms with Crippen molar-refractivity contribution in [3.05, 3.63) is 81.8 Å². The molecular formula is C27H29BrN2O5. The minimum atomic E-state index is -0.359. The molecule has 2 N–H and O–H groups in total. The van der Waals surface area contributed by atoms with Crippen molar-refractivity contribution in [2.24, 2.45) is 0 Å². The number of methoxy groups -OCH3 is 2. The minimum Gasteiger partial charge on any atom is -0.493 e. The van der Waals surface area contributed by atoms with Gasteiger partial charge < -0.3 is 24.8 Å². The van der Waals surface area contributed by atoms with Gasteiger partial charge in [-0.3, -0.25) is 9.59 Å². The molecule has 8 heteroatoms. The van der Waals surface area contributed by atoms with E-state index in [4.69, 9.17) is 14.2 Å². The standard InChI is InChI=1S/C27H29BrN2O5/c1-4-18-9-11-23(21(28)15-18)35-17-26(31)30-22-8-6-5-7-20(22)27(32)29-14-13-19-10-12-24(33-2)25(16-19)34-3/h5-12,15-16H,4,13-14,17H2,1-3H3,(H,29,32)(H,30,31). The van der Waals surface area contributed by atoms with Gasteiger partial charge in [-0.15, -0.1) is 0 Å². The Bertz CT molecular complexity index is 1180. The fourth-order valence-electron chi connectivity index (χ4n) is 3.45. The van der Waals surface area contributed by atoms with Gasteiger partial charge in [-0.05, 0) is 76.3 Å². The molecular weight excluding hydrogens is 512 g/mol. The lowest BCUT2D eigenvalue weighted by atomic mass is 10.1. The van der Waals surface area contributed by atoms with Crippen LogP contribution in [-0.2, 0) is 17.6 Å². The molecule has 0 unspecified atom stereocenters. The highest BCUT2D eigenvalue weighted by atomic mass is 79.9. The predicted molar refractivity (Wildman–Crippen MR) is 140 cm³/mol. The first-order valence-corrected chi connectivity index (χ1v) is 12.0. The highest BCUT2D eigenvalue weighted by Crippen LogP contribution is 2.28. The molecule has 7 nitrogen and oxygen atoms in total. The number of carbonyl (C=O) groups is 2. The van der Waals surface area contributed by atoms with Gasteiger partial charge in [-0.1, -0.05) is 31.2 Å². The number of benzene rings is 3. The lowest BCUT2D eigenvalue weighted by molar-refractivity contribution is -0.118. The van der Waals surface area contributed by atoms with E-state index >= 15 is 0 Å². The molecule has 184 valence electrons. The zero-order chi connectivity index (χ0) is 25.2. The Hall–Kier alpha value is -3.52. The lowest BCUT2D eigenvalue weighted by Crippen LogP contribution is -2.28. The van der Waals surface area contributed by atoms with E-state index in [0.717, 1.165) is 16.5 Å². The number of nitrogens with one attached hydrogen (secondary N) is 2. The van der Waals surface area contributed by atoms with Gasteiger partial charge in [-0.25, -0.2) is 0 Å². The van der Waals surface area contributed by atoms with E-state index in [1.165, 1.54) is 5.56 Å². The Labute approximate surface area is 213 Å². The monoisotopic (exact) mass is 540 g/mol. The largest absolute Gasteiger partial charge is 0.493 e. The molecule has 3 rings (SSSR count). The van der Waals surface area contributed by atoms with E-state index in [1.54, 1.807) is 38.5 Å². The van der Waals surface area contributed by atoms with Crippen LogP contribution in [0.4, 0.5) is 5.69 Å². The highest BCUT2D eigenvalue weighted by molar-refractivity contribution is 9.10. The number of amides is 2. The number of halogens is 1. The molecule has 0 heterocycles. The number of hydrogen-bond donors (Lipinski definition) is 2. The van der Waals surface area contributed by atoms with E-state index < -0.39 is 0 Å². The van der Waals surface area contributed by atoms with Gasteiger partial charge in [0.05, 0.1) is 29.9 Å². The van der Waals surface area contributed by atoms with Crippen molar-refractivity contribution < 1.29 is 23.8 Å². The number of aryl methyl sites for hydroxylation is 1. The van der Waals surface area contributed by atoms with Crippen molar-refractivity contribution >= 4 is 33.4 Å². The molecule has 2 amide bonds. The smallest absolute Gasteiger partial charge is 0.262 e. The highest BCUT2D eigenvalue weighted by Gasteiger charge is 2.14. The number of ether oxygens (including phenoxy) is 3. The molecule has 0 atom stereocenters. The van der Waals surface area contributed by atoms with Crippen molar-refractivity contribution in [3.63, 3.8) is 0 Å². The molecule has 0 aliphatic rings. The van der Waals surface area contributed by atoms with Crippen molar-refractivity contribution in [3.8, 4) is 17.2 Å². The summed E-state index contributed by atoms with van der Waals surface area (Å²) in [4.78, 5) is 25.3. The van der Waals surface area contributed by atoms with Crippen LogP contribution in [0.5, 0.6) is 17.2 Å². The summed E-state index contributed by atoms with van der Waals surface area (Å²) in [6.45, 7) is 2.31. The van der Waals surface area contributed by atoms with Gasteiger partial charge in [0.2, 0.25) is 0 Å². The van der Waals surface area contributed by atoms with Gasteiger partial charge in [0.15, 0.2) is 18.1 Å². The summed E-state index contributed by atoms with van der Waals surface area (Å²) in [7, 11) is 3.17. The van der Waals surface area contributed by atoms with E-state index in [9.17, 15) is 9.59 Å². The van der Waals surface area contributed by atoms with Crippen LogP contribution in [0.15, 0.2) is 65.1 Å². The Morgan fingerprint density at radius 1 is 0.886 bits per heavy atom. The fourth-order valence-corrected chi connectivity index (χ4v) is 3.99. The Morgan fingerprint density at radius 3 is 2.31 bits per heavy atom. The minimum absolute atomic E-state index is 0.181. The third-order valence-corrected chi connectivity index (χ3v) is 5.98. The van der Waals surface area contributed by atoms with Crippen molar-refractivity contribution in [1.82, 2.24) is 5.32 Å². The summed E-state index contributed by atoms with van der Waals surface area (Å²) in [6.07, 6.45) is 1.52. The normalized spacial score (nSPS) is 10.4. The SMILES string of the molecule is CCc1ccc(OCC(=O)Nc2ccccc2C(=O)NCCc2ccc(OC)c(OC)c2)c(Br)c1. The second-order valence-electron chi connectivity index (χ2n) is 7.70. The van der Waals surface area contributed by atoms with Crippen LogP contribution in [0.25, 0.3) is 0 Å². The zero-order valence-corrected chi connectivity index (χ0v) is 21.6. The van der Waals surface area contributed by atoms with Crippen LogP contribution in [-0.4, -0.2) is 39.2 Å². The van der Waals surface area contributed by atoms with Crippen molar-refractivity contribution in [1.29, 1.82) is 0 Å². The van der Waals surface area contributed by atoms with Crippen LogP contribution in [0.2, 0.25) is 0 Å². The predicted octanol–water partition coefficient (Wildman–Crippen LogP) is 5.02. The van der Waals surface area contributed by atoms with E-state index in [2.05, 4.69) is 33.5 Å². The summed E-state index contributed by atoms with van der Waals surface area (Å²) in [5.41, 5.74) is 2.96. The Balaban J connectivity index is 1.56. The van der Waals surface area contributed by atoms with Gasteiger partial charge >= 0.3 is 0 Å². The molecule has 35 heavy (non-hydrogen) atoms. The molecule has 0 aliphatic carbocycles.